The van der Waals surface area contributed by atoms with Gasteiger partial charge in [0.15, 0.2) is 0 Å². The Morgan fingerprint density at radius 1 is 0.917 bits per heavy atom. The van der Waals surface area contributed by atoms with E-state index in [0.717, 1.165) is 28.7 Å². The molecule has 2 aromatic carbocycles. The van der Waals surface area contributed by atoms with Gasteiger partial charge in [-0.05, 0) is 59.2 Å². The van der Waals surface area contributed by atoms with E-state index in [4.69, 9.17) is 11.5 Å². The maximum atomic E-state index is 11.9. The Balaban J connectivity index is 2.69. The van der Waals surface area contributed by atoms with Crippen molar-refractivity contribution < 1.29 is 9.59 Å². The summed E-state index contributed by atoms with van der Waals surface area (Å²) in [5.41, 5.74) is 15.9. The summed E-state index contributed by atoms with van der Waals surface area (Å²) in [6, 6.07) is 10.8. The van der Waals surface area contributed by atoms with Crippen molar-refractivity contribution in [3.8, 4) is 11.1 Å². The molecule has 0 saturated heterocycles. The molecule has 0 radical (unpaired) electrons. The summed E-state index contributed by atoms with van der Waals surface area (Å²) in [6.45, 7) is 8.38. The van der Waals surface area contributed by atoms with Crippen molar-refractivity contribution in [1.29, 1.82) is 0 Å². The van der Waals surface area contributed by atoms with Crippen LogP contribution in [0.5, 0.6) is 0 Å². The number of carbonyl (C=O) groups is 2. The Bertz CT molecular complexity index is 785. The van der Waals surface area contributed by atoms with Crippen molar-refractivity contribution in [3.63, 3.8) is 0 Å². The number of rotatable bonds is 4. The van der Waals surface area contributed by atoms with Gasteiger partial charge in [0, 0.05) is 11.1 Å². The highest BCUT2D eigenvalue weighted by Crippen LogP contribution is 2.34. The molecule has 0 aliphatic rings. The summed E-state index contributed by atoms with van der Waals surface area (Å²) in [4.78, 5) is 23.2. The minimum absolute atomic E-state index is 0.0000908. The van der Waals surface area contributed by atoms with Crippen LogP contribution in [-0.2, 0) is 6.42 Å². The van der Waals surface area contributed by atoms with Gasteiger partial charge in [0.1, 0.15) is 0 Å². The van der Waals surface area contributed by atoms with Crippen LogP contribution < -0.4 is 11.5 Å². The number of primary amides is 2. The molecule has 0 saturated carbocycles. The fourth-order valence-corrected chi connectivity index (χ4v) is 2.91. The van der Waals surface area contributed by atoms with Crippen molar-refractivity contribution in [2.75, 3.05) is 0 Å². The largest absolute Gasteiger partial charge is 0.366 e. The number of hydrogen-bond donors (Lipinski definition) is 2. The minimum Gasteiger partial charge on any atom is -0.366 e. The fraction of sp³-hybridized carbons (Fsp3) is 0.300. The van der Waals surface area contributed by atoms with E-state index in [-0.39, 0.29) is 5.41 Å². The van der Waals surface area contributed by atoms with Crippen LogP contribution in [0.1, 0.15) is 52.6 Å². The van der Waals surface area contributed by atoms with Crippen molar-refractivity contribution in [2.45, 2.75) is 34.1 Å². The average Bonchev–Trinajstić information content (AvgIpc) is 2.45. The summed E-state index contributed by atoms with van der Waals surface area (Å²) in [5, 5.41) is 0. The monoisotopic (exact) mass is 324 g/mol. The lowest BCUT2D eigenvalue weighted by Gasteiger charge is -2.24. The molecule has 0 atom stereocenters. The lowest BCUT2D eigenvalue weighted by molar-refractivity contribution is 0.0991. The molecule has 2 rings (SSSR count). The molecule has 0 bridgehead atoms. The molecule has 2 aromatic rings. The predicted octanol–water partition coefficient (Wildman–Crippen LogP) is 3.45. The van der Waals surface area contributed by atoms with Crippen LogP contribution in [0.2, 0.25) is 0 Å². The third-order valence-corrected chi connectivity index (χ3v) is 3.95. The zero-order valence-corrected chi connectivity index (χ0v) is 14.6. The first-order valence-electron chi connectivity index (χ1n) is 7.92. The smallest absolute Gasteiger partial charge is 0.248 e. The molecule has 2 amide bonds. The van der Waals surface area contributed by atoms with E-state index in [0.29, 0.717) is 11.1 Å². The van der Waals surface area contributed by atoms with Crippen LogP contribution in [0.3, 0.4) is 0 Å². The van der Waals surface area contributed by atoms with Crippen LogP contribution in [0, 0.1) is 12.3 Å². The Hall–Kier alpha value is -2.62. The zero-order chi connectivity index (χ0) is 18.1. The number of carbonyl (C=O) groups excluding carboxylic acids is 2. The van der Waals surface area contributed by atoms with Gasteiger partial charge < -0.3 is 11.5 Å². The molecule has 4 N–H and O–H groups in total. The third-order valence-electron chi connectivity index (χ3n) is 3.95. The quantitative estimate of drug-likeness (QED) is 0.902. The first-order chi connectivity index (χ1) is 11.1. The molecule has 0 aliphatic heterocycles. The van der Waals surface area contributed by atoms with Gasteiger partial charge in [0.2, 0.25) is 11.8 Å². The maximum Gasteiger partial charge on any atom is 0.248 e. The maximum absolute atomic E-state index is 11.9. The van der Waals surface area contributed by atoms with E-state index in [1.165, 1.54) is 0 Å². The van der Waals surface area contributed by atoms with E-state index in [9.17, 15) is 9.59 Å². The molecule has 0 unspecified atom stereocenters. The van der Waals surface area contributed by atoms with E-state index in [1.807, 2.05) is 25.1 Å². The second kappa shape index (κ2) is 6.48. The average molecular weight is 324 g/mol. The molecule has 0 fully saturated rings. The summed E-state index contributed by atoms with van der Waals surface area (Å²) in [7, 11) is 0. The SMILES string of the molecule is Cc1ccc(C(N)=O)c(CC(C)(C)C)c1-c1ccc(C(N)=O)cc1. The molecule has 4 nitrogen and oxygen atoms in total. The van der Waals surface area contributed by atoms with Gasteiger partial charge in [0.05, 0.1) is 0 Å². The number of aryl methyl sites for hydroxylation is 1. The molecule has 0 spiro atoms. The van der Waals surface area contributed by atoms with Crippen molar-refractivity contribution in [1.82, 2.24) is 0 Å². The fourth-order valence-electron chi connectivity index (χ4n) is 2.91. The van der Waals surface area contributed by atoms with Crippen LogP contribution >= 0.6 is 0 Å². The van der Waals surface area contributed by atoms with Crippen molar-refractivity contribution >= 4 is 11.8 Å². The predicted molar refractivity (Wildman–Crippen MR) is 96.8 cm³/mol. The standard InChI is InChI=1S/C20H24N2O2/c1-12-5-10-15(19(22)24)16(11-20(2,3)4)17(12)13-6-8-14(9-7-13)18(21)23/h5-10H,11H2,1-4H3,(H2,21,23)(H2,22,24). The van der Waals surface area contributed by atoms with E-state index in [1.54, 1.807) is 18.2 Å². The highest BCUT2D eigenvalue weighted by atomic mass is 16.1. The number of benzene rings is 2. The summed E-state index contributed by atoms with van der Waals surface area (Å²) in [6.07, 6.45) is 0.722. The summed E-state index contributed by atoms with van der Waals surface area (Å²) in [5.74, 6) is -0.886. The van der Waals surface area contributed by atoms with E-state index >= 15 is 0 Å². The van der Waals surface area contributed by atoms with Gasteiger partial charge in [-0.1, -0.05) is 39.0 Å². The Morgan fingerprint density at radius 3 is 1.96 bits per heavy atom. The van der Waals surface area contributed by atoms with E-state index in [2.05, 4.69) is 20.8 Å². The number of amides is 2. The lowest BCUT2D eigenvalue weighted by Crippen LogP contribution is -2.19. The molecule has 0 aromatic heterocycles. The van der Waals surface area contributed by atoms with Gasteiger partial charge in [-0.3, -0.25) is 9.59 Å². The van der Waals surface area contributed by atoms with Crippen molar-refractivity contribution in [3.05, 3.63) is 58.7 Å². The highest BCUT2D eigenvalue weighted by Gasteiger charge is 2.21. The van der Waals surface area contributed by atoms with Crippen LogP contribution in [-0.4, -0.2) is 11.8 Å². The topological polar surface area (TPSA) is 86.2 Å². The van der Waals surface area contributed by atoms with Gasteiger partial charge in [-0.15, -0.1) is 0 Å². The normalized spacial score (nSPS) is 11.3. The molecule has 0 aliphatic carbocycles. The Labute approximate surface area is 142 Å². The Kier molecular flexibility index (Phi) is 4.78. The summed E-state index contributed by atoms with van der Waals surface area (Å²) < 4.78 is 0. The van der Waals surface area contributed by atoms with Gasteiger partial charge in [-0.25, -0.2) is 0 Å². The third kappa shape index (κ3) is 3.82. The van der Waals surface area contributed by atoms with Gasteiger partial charge >= 0.3 is 0 Å². The highest BCUT2D eigenvalue weighted by molar-refractivity contribution is 5.97. The molecule has 24 heavy (non-hydrogen) atoms. The first-order valence-corrected chi connectivity index (χ1v) is 7.92. The zero-order valence-electron chi connectivity index (χ0n) is 14.6. The molecule has 4 heteroatoms. The van der Waals surface area contributed by atoms with Crippen LogP contribution in [0.4, 0.5) is 0 Å². The second-order valence-corrected chi connectivity index (χ2v) is 7.33. The molecular weight excluding hydrogens is 300 g/mol. The van der Waals surface area contributed by atoms with Crippen molar-refractivity contribution in [2.24, 2.45) is 16.9 Å². The van der Waals surface area contributed by atoms with Gasteiger partial charge in [0.25, 0.3) is 0 Å². The van der Waals surface area contributed by atoms with Crippen LogP contribution in [0.15, 0.2) is 36.4 Å². The van der Waals surface area contributed by atoms with Crippen LogP contribution in [0.25, 0.3) is 11.1 Å². The van der Waals surface area contributed by atoms with Gasteiger partial charge in [-0.2, -0.15) is 0 Å². The first kappa shape index (κ1) is 17.7. The minimum atomic E-state index is -0.459. The molecule has 0 heterocycles. The Morgan fingerprint density at radius 2 is 1.50 bits per heavy atom. The number of nitrogens with two attached hydrogens (primary N) is 2. The summed E-state index contributed by atoms with van der Waals surface area (Å²) >= 11 is 0. The molecular formula is C20H24N2O2. The lowest BCUT2D eigenvalue weighted by atomic mass is 9.81. The second-order valence-electron chi connectivity index (χ2n) is 7.33. The number of hydrogen-bond acceptors (Lipinski definition) is 2. The van der Waals surface area contributed by atoms with E-state index < -0.39 is 11.8 Å². The molecule has 126 valence electrons.